The van der Waals surface area contributed by atoms with E-state index in [-0.39, 0.29) is 11.9 Å². The Hall–Kier alpha value is -3.06. The van der Waals surface area contributed by atoms with E-state index in [1.165, 1.54) is 12.6 Å². The molecule has 1 aliphatic heterocycles. The van der Waals surface area contributed by atoms with Crippen LogP contribution in [0.15, 0.2) is 53.4 Å². The molecule has 3 aromatic rings. The van der Waals surface area contributed by atoms with Gasteiger partial charge in [-0.3, -0.25) is 4.79 Å². The van der Waals surface area contributed by atoms with Gasteiger partial charge in [0, 0.05) is 36.8 Å². The highest BCUT2D eigenvalue weighted by Crippen LogP contribution is 2.27. The summed E-state index contributed by atoms with van der Waals surface area (Å²) in [4.78, 5) is 25.1. The third kappa shape index (κ3) is 4.19. The first-order valence-electron chi connectivity index (χ1n) is 9.37. The molecule has 0 bridgehead atoms. The summed E-state index contributed by atoms with van der Waals surface area (Å²) in [5, 5.41) is 0.691. The Morgan fingerprint density at radius 3 is 2.83 bits per heavy atom. The van der Waals surface area contributed by atoms with Crippen LogP contribution in [0.25, 0.3) is 0 Å². The minimum atomic E-state index is -0.0908. The molecular formula is C21H21ClN4O3. The van der Waals surface area contributed by atoms with Crippen molar-refractivity contribution in [2.45, 2.75) is 19.9 Å². The van der Waals surface area contributed by atoms with Gasteiger partial charge in [0.1, 0.15) is 17.9 Å². The highest BCUT2D eigenvalue weighted by atomic mass is 35.5. The van der Waals surface area contributed by atoms with Crippen molar-refractivity contribution in [1.82, 2.24) is 14.9 Å². The van der Waals surface area contributed by atoms with Gasteiger partial charge in [-0.2, -0.15) is 0 Å². The van der Waals surface area contributed by atoms with Crippen molar-refractivity contribution in [3.05, 3.63) is 65.3 Å². The van der Waals surface area contributed by atoms with Crippen molar-refractivity contribution in [3.63, 3.8) is 0 Å². The largest absolute Gasteiger partial charge is 0.459 e. The lowest BCUT2D eigenvalue weighted by molar-refractivity contribution is 0.0641. The first kappa shape index (κ1) is 19.3. The second kappa shape index (κ2) is 8.13. The number of hydrogen-bond donors (Lipinski definition) is 0. The number of nitrogens with zero attached hydrogens (tertiary/aromatic N) is 4. The fourth-order valence-corrected chi connectivity index (χ4v) is 3.49. The molecule has 1 saturated heterocycles. The Morgan fingerprint density at radius 2 is 2.10 bits per heavy atom. The predicted molar refractivity (Wildman–Crippen MR) is 110 cm³/mol. The van der Waals surface area contributed by atoms with Gasteiger partial charge in [0.15, 0.2) is 5.76 Å². The molecule has 2 aromatic heterocycles. The lowest BCUT2D eigenvalue weighted by Gasteiger charge is -2.40. The quantitative estimate of drug-likeness (QED) is 0.640. The van der Waals surface area contributed by atoms with Gasteiger partial charge in [-0.25, -0.2) is 9.97 Å². The molecule has 0 spiro atoms. The molecule has 0 N–H and O–H groups in total. The molecule has 1 aliphatic rings. The minimum absolute atomic E-state index is 0.0135. The lowest BCUT2D eigenvalue weighted by atomic mass is 10.1. The molecule has 3 heterocycles. The van der Waals surface area contributed by atoms with Gasteiger partial charge in [0.2, 0.25) is 5.88 Å². The SMILES string of the molecule is Cc1cc(Oc2cc(N3CCN(C(=O)c4ccco4)[C@@H](C)C3)ncn2)ccc1Cl. The summed E-state index contributed by atoms with van der Waals surface area (Å²) < 4.78 is 11.1. The van der Waals surface area contributed by atoms with Crippen molar-refractivity contribution >= 4 is 23.3 Å². The standard InChI is InChI=1S/C21H21ClN4O3/c1-14-10-16(5-6-17(14)22)29-20-11-19(23-13-24-20)25-7-8-26(15(2)12-25)21(27)18-4-3-9-28-18/h3-6,9-11,13,15H,7-8,12H2,1-2H3/t15-/m0/s1. The molecule has 7 nitrogen and oxygen atoms in total. The Bertz CT molecular complexity index is 1010. The van der Waals surface area contributed by atoms with Crippen molar-refractivity contribution in [3.8, 4) is 11.6 Å². The number of rotatable bonds is 4. The molecule has 1 aromatic carbocycles. The van der Waals surface area contributed by atoms with Gasteiger partial charge in [0.05, 0.1) is 6.26 Å². The predicted octanol–water partition coefficient (Wildman–Crippen LogP) is 4.17. The molecule has 0 radical (unpaired) electrons. The maximum atomic E-state index is 12.6. The van der Waals surface area contributed by atoms with Crippen LogP contribution < -0.4 is 9.64 Å². The fraction of sp³-hybridized carbons (Fsp3) is 0.286. The van der Waals surface area contributed by atoms with Gasteiger partial charge in [-0.15, -0.1) is 0 Å². The Balaban J connectivity index is 1.45. The zero-order chi connectivity index (χ0) is 20.4. The average molecular weight is 413 g/mol. The van der Waals surface area contributed by atoms with Crippen LogP contribution in [0, 0.1) is 6.92 Å². The number of benzene rings is 1. The van der Waals surface area contributed by atoms with Gasteiger partial charge >= 0.3 is 0 Å². The van der Waals surface area contributed by atoms with Crippen LogP contribution in [-0.4, -0.2) is 46.5 Å². The van der Waals surface area contributed by atoms with E-state index in [0.717, 1.165) is 11.4 Å². The van der Waals surface area contributed by atoms with Gasteiger partial charge in [0.25, 0.3) is 5.91 Å². The van der Waals surface area contributed by atoms with Crippen molar-refractivity contribution in [2.75, 3.05) is 24.5 Å². The maximum Gasteiger partial charge on any atom is 0.289 e. The fourth-order valence-electron chi connectivity index (χ4n) is 3.37. The summed E-state index contributed by atoms with van der Waals surface area (Å²) in [6, 6.07) is 10.7. The van der Waals surface area contributed by atoms with Crippen LogP contribution in [0.5, 0.6) is 11.6 Å². The van der Waals surface area contributed by atoms with E-state index in [2.05, 4.69) is 14.9 Å². The van der Waals surface area contributed by atoms with E-state index in [1.807, 2.05) is 24.8 Å². The highest BCUT2D eigenvalue weighted by Gasteiger charge is 2.30. The normalized spacial score (nSPS) is 16.7. The molecule has 150 valence electrons. The number of furan rings is 1. The summed E-state index contributed by atoms with van der Waals surface area (Å²) >= 11 is 6.07. The van der Waals surface area contributed by atoms with Crippen LogP contribution >= 0.6 is 11.6 Å². The summed E-state index contributed by atoms with van der Waals surface area (Å²) in [7, 11) is 0. The van der Waals surface area contributed by atoms with E-state index >= 15 is 0 Å². The number of amides is 1. The van der Waals surface area contributed by atoms with E-state index in [1.54, 1.807) is 30.3 Å². The molecule has 1 amide bonds. The topological polar surface area (TPSA) is 71.7 Å². The monoisotopic (exact) mass is 412 g/mol. The number of aromatic nitrogens is 2. The average Bonchev–Trinajstić information content (AvgIpc) is 3.25. The van der Waals surface area contributed by atoms with Crippen LogP contribution in [0.1, 0.15) is 23.0 Å². The number of carbonyl (C=O) groups is 1. The molecule has 4 rings (SSSR count). The summed E-state index contributed by atoms with van der Waals surface area (Å²) in [5.41, 5.74) is 0.935. The summed E-state index contributed by atoms with van der Waals surface area (Å²) in [6.45, 7) is 5.83. The zero-order valence-corrected chi connectivity index (χ0v) is 17.0. The van der Waals surface area contributed by atoms with E-state index < -0.39 is 0 Å². The number of hydrogen-bond acceptors (Lipinski definition) is 6. The molecule has 8 heteroatoms. The third-order valence-electron chi connectivity index (χ3n) is 4.92. The van der Waals surface area contributed by atoms with Crippen LogP contribution in [-0.2, 0) is 0 Å². The van der Waals surface area contributed by atoms with Crippen molar-refractivity contribution in [1.29, 1.82) is 0 Å². The zero-order valence-electron chi connectivity index (χ0n) is 16.2. The number of aryl methyl sites for hydroxylation is 1. The van der Waals surface area contributed by atoms with E-state index in [4.69, 9.17) is 20.8 Å². The molecule has 0 aliphatic carbocycles. The van der Waals surface area contributed by atoms with E-state index in [0.29, 0.717) is 42.0 Å². The molecule has 1 fully saturated rings. The number of halogens is 1. The molecule has 0 saturated carbocycles. The summed E-state index contributed by atoms with van der Waals surface area (Å²) in [5.74, 6) is 2.16. The Kier molecular flexibility index (Phi) is 5.40. The number of ether oxygens (including phenoxy) is 1. The van der Waals surface area contributed by atoms with E-state index in [9.17, 15) is 4.79 Å². The molecule has 0 unspecified atom stereocenters. The van der Waals surface area contributed by atoms with Crippen LogP contribution in [0.4, 0.5) is 5.82 Å². The summed E-state index contributed by atoms with van der Waals surface area (Å²) in [6.07, 6.45) is 3.00. The van der Waals surface area contributed by atoms with Gasteiger partial charge in [-0.05, 0) is 49.7 Å². The molecule has 1 atom stereocenters. The highest BCUT2D eigenvalue weighted by molar-refractivity contribution is 6.31. The van der Waals surface area contributed by atoms with Crippen LogP contribution in [0.2, 0.25) is 5.02 Å². The Morgan fingerprint density at radius 1 is 1.24 bits per heavy atom. The van der Waals surface area contributed by atoms with Crippen LogP contribution in [0.3, 0.4) is 0 Å². The smallest absolute Gasteiger partial charge is 0.289 e. The number of carbonyl (C=O) groups excluding carboxylic acids is 1. The first-order chi connectivity index (χ1) is 14.0. The molecule has 29 heavy (non-hydrogen) atoms. The van der Waals surface area contributed by atoms with Gasteiger partial charge < -0.3 is 19.0 Å². The number of anilines is 1. The van der Waals surface area contributed by atoms with Crippen molar-refractivity contribution < 1.29 is 13.9 Å². The second-order valence-electron chi connectivity index (χ2n) is 7.00. The second-order valence-corrected chi connectivity index (χ2v) is 7.41. The minimum Gasteiger partial charge on any atom is -0.459 e. The maximum absolute atomic E-state index is 12.6. The third-order valence-corrected chi connectivity index (χ3v) is 5.35. The first-order valence-corrected chi connectivity index (χ1v) is 9.74. The van der Waals surface area contributed by atoms with Gasteiger partial charge in [-0.1, -0.05) is 11.6 Å². The number of piperazine rings is 1. The Labute approximate surface area is 173 Å². The molecular weight excluding hydrogens is 392 g/mol. The lowest BCUT2D eigenvalue weighted by Crippen LogP contribution is -2.54. The van der Waals surface area contributed by atoms with Crippen molar-refractivity contribution in [2.24, 2.45) is 0 Å².